The summed E-state index contributed by atoms with van der Waals surface area (Å²) in [6, 6.07) is 0. The Morgan fingerprint density at radius 2 is 0.958 bits per heavy atom. The van der Waals surface area contributed by atoms with E-state index < -0.39 is 11.9 Å². The quantitative estimate of drug-likeness (QED) is 0.285. The topological polar surface area (TPSA) is 124 Å². The normalized spacial score (nSPS) is 10.3. The average molecular weight is 374 g/mol. The molecule has 0 aromatic carbocycles. The van der Waals surface area contributed by atoms with Crippen LogP contribution < -0.4 is 5.32 Å². The highest BCUT2D eigenvalue weighted by Gasteiger charge is 1.97. The lowest BCUT2D eigenvalue weighted by Gasteiger charge is -2.07. The van der Waals surface area contributed by atoms with E-state index >= 15 is 0 Å². The maximum atomic E-state index is 10.2. The first-order valence-electron chi connectivity index (χ1n) is 7.58. The van der Waals surface area contributed by atoms with Crippen LogP contribution in [0, 0.1) is 0 Å². The fourth-order valence-electron chi connectivity index (χ4n) is 1.38. The molecule has 0 spiro atoms. The van der Waals surface area contributed by atoms with Crippen LogP contribution in [0.15, 0.2) is 0 Å². The summed E-state index contributed by atoms with van der Waals surface area (Å²) in [7, 11) is 0. The molecule has 0 aromatic heterocycles. The van der Waals surface area contributed by atoms with E-state index in [0.717, 1.165) is 0 Å². The Hall–Kier alpha value is -0.970. The number of rotatable bonds is 18. The molecule has 0 atom stereocenters. The van der Waals surface area contributed by atoms with Gasteiger partial charge in [-0.2, -0.15) is 0 Å². The highest BCUT2D eigenvalue weighted by molar-refractivity contribution is 5.85. The van der Waals surface area contributed by atoms with Crippen LogP contribution in [0.2, 0.25) is 0 Å². The van der Waals surface area contributed by atoms with Gasteiger partial charge in [-0.05, 0) is 0 Å². The summed E-state index contributed by atoms with van der Waals surface area (Å²) in [4.78, 5) is 20.4. The van der Waals surface area contributed by atoms with Crippen molar-refractivity contribution in [2.24, 2.45) is 0 Å². The number of aliphatic carboxylic acids is 2. The molecule has 0 radical (unpaired) electrons. The van der Waals surface area contributed by atoms with Crippen LogP contribution in [-0.4, -0.2) is 88.1 Å². The van der Waals surface area contributed by atoms with Crippen molar-refractivity contribution in [1.82, 2.24) is 5.32 Å². The van der Waals surface area contributed by atoms with Crippen molar-refractivity contribution in [3.8, 4) is 0 Å². The molecule has 144 valence electrons. The predicted octanol–water partition coefficient (Wildman–Crippen LogP) is 0.0136. The summed E-state index contributed by atoms with van der Waals surface area (Å²) in [6.45, 7) is 4.51. The number of hydrogen-bond acceptors (Lipinski definition) is 7. The second-order valence-electron chi connectivity index (χ2n) is 4.49. The molecule has 24 heavy (non-hydrogen) atoms. The van der Waals surface area contributed by atoms with Gasteiger partial charge in [0.2, 0.25) is 0 Å². The Balaban J connectivity index is 0. The highest BCUT2D eigenvalue weighted by Crippen LogP contribution is 1.85. The number of ether oxygens (including phenoxy) is 4. The summed E-state index contributed by atoms with van der Waals surface area (Å²) in [5.74, 6) is -1.74. The van der Waals surface area contributed by atoms with Crippen LogP contribution in [0.5, 0.6) is 0 Å². The second kappa shape index (κ2) is 20.1. The van der Waals surface area contributed by atoms with Gasteiger partial charge in [0.1, 0.15) is 0 Å². The molecule has 0 aliphatic carbocycles. The number of carboxylic acid groups (broad SMARTS) is 2. The summed E-state index contributed by atoms with van der Waals surface area (Å²) >= 11 is 0. The monoisotopic (exact) mass is 373 g/mol. The van der Waals surface area contributed by atoms with Gasteiger partial charge < -0.3 is 34.5 Å². The largest absolute Gasteiger partial charge is 0.481 e. The van der Waals surface area contributed by atoms with E-state index in [1.807, 2.05) is 0 Å². The van der Waals surface area contributed by atoms with Crippen molar-refractivity contribution in [2.45, 2.75) is 12.8 Å². The van der Waals surface area contributed by atoms with Gasteiger partial charge in [0.15, 0.2) is 0 Å². The molecule has 0 bridgehead atoms. The molecule has 0 aromatic rings. The number of nitrogens with one attached hydrogen (secondary N) is 1. The minimum absolute atomic E-state index is 0. The standard InChI is InChI=1S/C14H27NO8.ClH/c16-13(17)1-5-20-9-11-22-7-3-15-4-8-23-12-10-21-6-2-14(18)19;/h15H,1-12H2,(H,16,17)(H,18,19);1H. The van der Waals surface area contributed by atoms with E-state index in [2.05, 4.69) is 5.32 Å². The van der Waals surface area contributed by atoms with Gasteiger partial charge >= 0.3 is 11.9 Å². The average Bonchev–Trinajstić information content (AvgIpc) is 2.49. The van der Waals surface area contributed by atoms with Crippen molar-refractivity contribution in [3.63, 3.8) is 0 Å². The molecule has 9 nitrogen and oxygen atoms in total. The lowest BCUT2D eigenvalue weighted by molar-refractivity contribution is -0.139. The van der Waals surface area contributed by atoms with Gasteiger partial charge in [-0.1, -0.05) is 0 Å². The Labute approximate surface area is 148 Å². The minimum Gasteiger partial charge on any atom is -0.481 e. The first-order chi connectivity index (χ1) is 11.1. The van der Waals surface area contributed by atoms with E-state index in [0.29, 0.717) is 52.7 Å². The third-order valence-corrected chi connectivity index (χ3v) is 2.51. The Morgan fingerprint density at radius 1 is 0.625 bits per heavy atom. The summed E-state index contributed by atoms with van der Waals surface area (Å²) in [5, 5.41) is 19.9. The summed E-state index contributed by atoms with van der Waals surface area (Å²) < 4.78 is 20.7. The predicted molar refractivity (Wildman–Crippen MR) is 87.9 cm³/mol. The number of carboxylic acids is 2. The molecule has 3 N–H and O–H groups in total. The van der Waals surface area contributed by atoms with Gasteiger partial charge in [-0.25, -0.2) is 0 Å². The Kier molecular flexibility index (Phi) is 21.1. The van der Waals surface area contributed by atoms with Crippen molar-refractivity contribution in [2.75, 3.05) is 65.9 Å². The van der Waals surface area contributed by atoms with Crippen molar-refractivity contribution < 1.29 is 38.7 Å². The molecule has 0 aliphatic rings. The van der Waals surface area contributed by atoms with Crippen LogP contribution >= 0.6 is 12.4 Å². The molecule has 0 fully saturated rings. The first kappa shape index (κ1) is 25.3. The zero-order chi connectivity index (χ0) is 17.2. The smallest absolute Gasteiger partial charge is 0.305 e. The third-order valence-electron chi connectivity index (χ3n) is 2.51. The molecule has 0 saturated carbocycles. The van der Waals surface area contributed by atoms with Crippen LogP contribution in [0.1, 0.15) is 12.8 Å². The number of halogens is 1. The van der Waals surface area contributed by atoms with Gasteiger partial charge in [-0.15, -0.1) is 12.4 Å². The molecule has 0 saturated heterocycles. The van der Waals surface area contributed by atoms with E-state index in [1.165, 1.54) is 0 Å². The van der Waals surface area contributed by atoms with Crippen molar-refractivity contribution in [3.05, 3.63) is 0 Å². The lowest BCUT2D eigenvalue weighted by atomic mass is 10.5. The van der Waals surface area contributed by atoms with E-state index in [-0.39, 0.29) is 38.5 Å². The molecular weight excluding hydrogens is 346 g/mol. The van der Waals surface area contributed by atoms with Crippen molar-refractivity contribution >= 4 is 24.3 Å². The maximum Gasteiger partial charge on any atom is 0.305 e. The van der Waals surface area contributed by atoms with Gasteiger partial charge in [0.25, 0.3) is 0 Å². The number of carbonyl (C=O) groups is 2. The van der Waals surface area contributed by atoms with Crippen molar-refractivity contribution in [1.29, 1.82) is 0 Å². The zero-order valence-electron chi connectivity index (χ0n) is 13.7. The van der Waals surface area contributed by atoms with Crippen LogP contribution in [-0.2, 0) is 28.5 Å². The minimum atomic E-state index is -0.871. The fraction of sp³-hybridized carbons (Fsp3) is 0.857. The molecule has 0 rings (SSSR count). The van der Waals surface area contributed by atoms with Gasteiger partial charge in [0, 0.05) is 13.1 Å². The molecule has 0 heterocycles. The highest BCUT2D eigenvalue weighted by atomic mass is 35.5. The van der Waals surface area contributed by atoms with E-state index in [4.69, 9.17) is 29.2 Å². The van der Waals surface area contributed by atoms with Crippen LogP contribution in [0.4, 0.5) is 0 Å². The van der Waals surface area contributed by atoms with Gasteiger partial charge in [0.05, 0.1) is 65.7 Å². The van der Waals surface area contributed by atoms with Crippen LogP contribution in [0.25, 0.3) is 0 Å². The maximum absolute atomic E-state index is 10.2. The molecular formula is C14H28ClNO8. The summed E-state index contributed by atoms with van der Waals surface area (Å²) in [6.07, 6.45) is 0.0122. The fourth-order valence-corrected chi connectivity index (χ4v) is 1.38. The molecule has 0 aliphatic heterocycles. The SMILES string of the molecule is Cl.O=C(O)CCOCCOCCNCCOCCOCCC(=O)O. The van der Waals surface area contributed by atoms with Gasteiger partial charge in [-0.3, -0.25) is 9.59 Å². The molecule has 0 unspecified atom stereocenters. The summed E-state index contributed by atoms with van der Waals surface area (Å²) in [5.41, 5.74) is 0. The third kappa shape index (κ3) is 23.3. The second-order valence-corrected chi connectivity index (χ2v) is 4.49. The first-order valence-corrected chi connectivity index (χ1v) is 7.58. The van der Waals surface area contributed by atoms with E-state index in [1.54, 1.807) is 0 Å². The lowest BCUT2D eigenvalue weighted by Crippen LogP contribution is -2.25. The van der Waals surface area contributed by atoms with Crippen LogP contribution in [0.3, 0.4) is 0 Å². The molecule has 0 amide bonds. The Bertz CT molecular complexity index is 278. The molecule has 10 heteroatoms. The number of hydrogen-bond donors (Lipinski definition) is 3. The Morgan fingerprint density at radius 3 is 1.29 bits per heavy atom. The zero-order valence-corrected chi connectivity index (χ0v) is 14.6. The van der Waals surface area contributed by atoms with E-state index in [9.17, 15) is 9.59 Å².